The monoisotopic (exact) mass is 369 g/mol. The van der Waals surface area contributed by atoms with Crippen LogP contribution in [0.3, 0.4) is 0 Å². The summed E-state index contributed by atoms with van der Waals surface area (Å²) in [7, 11) is 1.96. The lowest BCUT2D eigenvalue weighted by atomic mass is 10.2. The Hall–Kier alpha value is -1.20. The second-order valence-corrected chi connectivity index (χ2v) is 6.99. The fraction of sp³-hybridized carbons (Fsp3) is 0.235. The molecule has 0 bridgehead atoms. The zero-order valence-electron chi connectivity index (χ0n) is 13.0. The third-order valence-corrected chi connectivity index (χ3v) is 4.73. The van der Waals surface area contributed by atoms with Crippen molar-refractivity contribution in [2.75, 3.05) is 25.2 Å². The van der Waals surface area contributed by atoms with Gasteiger partial charge >= 0.3 is 0 Å². The third kappa shape index (κ3) is 5.43. The summed E-state index contributed by atoms with van der Waals surface area (Å²) in [5.41, 5.74) is 1.83. The molecule has 23 heavy (non-hydrogen) atoms. The number of hydrogen-bond acceptors (Lipinski definition) is 2. The van der Waals surface area contributed by atoms with E-state index >= 15 is 0 Å². The van der Waals surface area contributed by atoms with E-state index in [-0.39, 0.29) is 5.91 Å². The number of hydrogen-bond donors (Lipinski definition) is 2. The fourth-order valence-electron chi connectivity index (χ4n) is 2.27. The first-order valence-electron chi connectivity index (χ1n) is 7.17. The number of rotatable bonds is 6. The van der Waals surface area contributed by atoms with E-state index in [0.717, 1.165) is 21.0 Å². The molecule has 2 aromatic rings. The average molecular weight is 370 g/mol. The highest BCUT2D eigenvalue weighted by atomic mass is 35.5. The van der Waals surface area contributed by atoms with E-state index in [0.29, 0.717) is 23.1 Å². The Bertz CT molecular complexity index is 694. The number of nitrogens with one attached hydrogen (secondary N) is 2. The van der Waals surface area contributed by atoms with Gasteiger partial charge in [0.25, 0.3) is 5.91 Å². The van der Waals surface area contributed by atoms with E-state index in [2.05, 4.69) is 5.32 Å². The molecule has 0 saturated heterocycles. The quantitative estimate of drug-likeness (QED) is 0.765. The van der Waals surface area contributed by atoms with Crippen molar-refractivity contribution < 1.29 is 9.69 Å². The third-order valence-electron chi connectivity index (χ3n) is 3.35. The Balaban J connectivity index is 1.94. The zero-order chi connectivity index (χ0) is 16.8. The minimum absolute atomic E-state index is 0.0194. The van der Waals surface area contributed by atoms with Crippen LogP contribution >= 0.6 is 35.0 Å². The molecule has 2 aromatic carbocycles. The van der Waals surface area contributed by atoms with Crippen molar-refractivity contribution in [1.29, 1.82) is 0 Å². The minimum Gasteiger partial charge on any atom is -0.326 e. The molecule has 1 unspecified atom stereocenters. The van der Waals surface area contributed by atoms with Gasteiger partial charge in [-0.3, -0.25) is 4.79 Å². The van der Waals surface area contributed by atoms with Crippen LogP contribution in [0.2, 0.25) is 10.0 Å². The SMILES string of the molecule is CSc1ccccc1NC(=O)C[NH+](C)Cc1ccc(Cl)cc1Cl. The molecule has 3 nitrogen and oxygen atoms in total. The molecule has 1 atom stereocenters. The first kappa shape index (κ1) is 18.1. The van der Waals surface area contributed by atoms with Gasteiger partial charge < -0.3 is 10.2 Å². The van der Waals surface area contributed by atoms with Crippen molar-refractivity contribution in [2.24, 2.45) is 0 Å². The summed E-state index contributed by atoms with van der Waals surface area (Å²) in [5.74, 6) is -0.0194. The van der Waals surface area contributed by atoms with Crippen LogP contribution in [0.5, 0.6) is 0 Å². The maximum atomic E-state index is 12.2. The van der Waals surface area contributed by atoms with Crippen LogP contribution in [0.25, 0.3) is 0 Å². The van der Waals surface area contributed by atoms with Gasteiger partial charge in [-0.1, -0.05) is 41.4 Å². The van der Waals surface area contributed by atoms with E-state index in [1.54, 1.807) is 17.8 Å². The van der Waals surface area contributed by atoms with Crippen molar-refractivity contribution in [3.8, 4) is 0 Å². The van der Waals surface area contributed by atoms with Gasteiger partial charge in [0.1, 0.15) is 6.54 Å². The zero-order valence-corrected chi connectivity index (χ0v) is 15.4. The number of likely N-dealkylation sites (N-methyl/N-ethyl adjacent to an activating group) is 1. The second kappa shape index (κ2) is 8.60. The largest absolute Gasteiger partial charge is 0.326 e. The van der Waals surface area contributed by atoms with E-state index in [9.17, 15) is 4.79 Å². The summed E-state index contributed by atoms with van der Waals surface area (Å²) in [5, 5.41) is 4.21. The van der Waals surface area contributed by atoms with Crippen LogP contribution in [-0.4, -0.2) is 25.8 Å². The van der Waals surface area contributed by atoms with Gasteiger partial charge in [-0.2, -0.15) is 0 Å². The summed E-state index contributed by atoms with van der Waals surface area (Å²) in [4.78, 5) is 14.3. The maximum absolute atomic E-state index is 12.2. The Morgan fingerprint density at radius 1 is 1.22 bits per heavy atom. The van der Waals surface area contributed by atoms with Gasteiger partial charge in [0.2, 0.25) is 0 Å². The molecular weight excluding hydrogens is 351 g/mol. The molecule has 1 amide bonds. The average Bonchev–Trinajstić information content (AvgIpc) is 2.50. The molecule has 6 heteroatoms. The molecule has 2 N–H and O–H groups in total. The molecule has 0 aliphatic rings. The van der Waals surface area contributed by atoms with Crippen LogP contribution in [0.15, 0.2) is 47.4 Å². The van der Waals surface area contributed by atoms with Crippen LogP contribution in [0.1, 0.15) is 5.56 Å². The molecule has 0 radical (unpaired) electrons. The molecule has 0 aliphatic carbocycles. The van der Waals surface area contributed by atoms with Gasteiger partial charge in [0.05, 0.1) is 17.8 Å². The van der Waals surface area contributed by atoms with Crippen LogP contribution in [0.4, 0.5) is 5.69 Å². The number of para-hydroxylation sites is 1. The number of thioether (sulfide) groups is 1. The molecule has 2 rings (SSSR count). The topological polar surface area (TPSA) is 33.5 Å². The normalized spacial score (nSPS) is 12.0. The molecule has 0 fully saturated rings. The molecule has 122 valence electrons. The highest BCUT2D eigenvalue weighted by Gasteiger charge is 2.14. The molecule has 0 aromatic heterocycles. The number of carbonyl (C=O) groups excluding carboxylic acids is 1. The first-order chi connectivity index (χ1) is 11.0. The summed E-state index contributed by atoms with van der Waals surface area (Å²) in [6.45, 7) is 1.02. The summed E-state index contributed by atoms with van der Waals surface area (Å²) in [6.07, 6.45) is 1.99. The lowest BCUT2D eigenvalue weighted by Crippen LogP contribution is -3.08. The van der Waals surface area contributed by atoms with Crippen molar-refractivity contribution in [3.05, 3.63) is 58.1 Å². The number of amides is 1. The van der Waals surface area contributed by atoms with Gasteiger partial charge in [-0.15, -0.1) is 11.8 Å². The van der Waals surface area contributed by atoms with Crippen LogP contribution in [-0.2, 0) is 11.3 Å². The maximum Gasteiger partial charge on any atom is 0.279 e. The standard InChI is InChI=1S/C17H18Cl2N2OS/c1-21(10-12-7-8-13(18)9-14(12)19)11-17(22)20-15-5-3-4-6-16(15)23-2/h3-9H,10-11H2,1-2H3,(H,20,22)/p+1. The smallest absolute Gasteiger partial charge is 0.279 e. The number of carbonyl (C=O) groups is 1. The Morgan fingerprint density at radius 2 is 1.96 bits per heavy atom. The predicted octanol–water partition coefficient (Wildman–Crippen LogP) is 3.37. The molecule has 0 aliphatic heterocycles. The second-order valence-electron chi connectivity index (χ2n) is 5.29. The summed E-state index contributed by atoms with van der Waals surface area (Å²) < 4.78 is 0. The fourth-order valence-corrected chi connectivity index (χ4v) is 3.30. The lowest BCUT2D eigenvalue weighted by molar-refractivity contribution is -0.885. The predicted molar refractivity (Wildman–Crippen MR) is 98.8 cm³/mol. The number of halogens is 2. The Morgan fingerprint density at radius 3 is 2.65 bits per heavy atom. The Labute approximate surface area is 151 Å². The molecule has 0 saturated carbocycles. The molecule has 0 spiro atoms. The number of anilines is 1. The van der Waals surface area contributed by atoms with E-state index in [1.165, 1.54) is 0 Å². The van der Waals surface area contributed by atoms with Gasteiger partial charge in [-0.25, -0.2) is 0 Å². The highest BCUT2D eigenvalue weighted by molar-refractivity contribution is 7.98. The van der Waals surface area contributed by atoms with Crippen molar-refractivity contribution in [3.63, 3.8) is 0 Å². The Kier molecular flexibility index (Phi) is 6.78. The molecular formula is C17H19Cl2N2OS+. The van der Waals surface area contributed by atoms with Gasteiger partial charge in [0, 0.05) is 15.5 Å². The lowest BCUT2D eigenvalue weighted by Gasteiger charge is -2.15. The van der Waals surface area contributed by atoms with Gasteiger partial charge in [-0.05, 0) is 30.5 Å². The van der Waals surface area contributed by atoms with Crippen LogP contribution < -0.4 is 10.2 Å². The summed E-state index contributed by atoms with van der Waals surface area (Å²) in [6, 6.07) is 13.2. The van der Waals surface area contributed by atoms with E-state index < -0.39 is 0 Å². The van der Waals surface area contributed by atoms with Gasteiger partial charge in [0.15, 0.2) is 6.54 Å². The van der Waals surface area contributed by atoms with Crippen molar-refractivity contribution in [2.45, 2.75) is 11.4 Å². The van der Waals surface area contributed by atoms with Crippen molar-refractivity contribution >= 4 is 46.6 Å². The number of benzene rings is 2. The minimum atomic E-state index is -0.0194. The number of quaternary nitrogens is 1. The highest BCUT2D eigenvalue weighted by Crippen LogP contribution is 2.24. The van der Waals surface area contributed by atoms with Crippen LogP contribution in [0, 0.1) is 0 Å². The summed E-state index contributed by atoms with van der Waals surface area (Å²) >= 11 is 13.7. The molecule has 0 heterocycles. The first-order valence-corrected chi connectivity index (χ1v) is 9.15. The van der Waals surface area contributed by atoms with E-state index in [1.807, 2.05) is 49.7 Å². The van der Waals surface area contributed by atoms with Crippen molar-refractivity contribution in [1.82, 2.24) is 0 Å². The van der Waals surface area contributed by atoms with E-state index in [4.69, 9.17) is 23.2 Å².